The number of para-hydroxylation sites is 1. The molecule has 0 atom stereocenters. The lowest BCUT2D eigenvalue weighted by Gasteiger charge is -2.10. The maximum Gasteiger partial charge on any atom is 0.340 e. The zero-order valence-electron chi connectivity index (χ0n) is 14.6. The van der Waals surface area contributed by atoms with E-state index >= 15 is 0 Å². The van der Waals surface area contributed by atoms with Crippen molar-refractivity contribution in [3.63, 3.8) is 0 Å². The molecule has 25 heavy (non-hydrogen) atoms. The fraction of sp³-hybridized carbons (Fsp3) is 0.227. The third kappa shape index (κ3) is 2.56. The Hall–Kier alpha value is -2.81. The third-order valence-corrected chi connectivity index (χ3v) is 4.78. The molecule has 0 amide bonds. The SMILES string of the molecule is CCCCOC(=O)c1cc2cccc(C)c2c2c1[nH]c1ccccc12. The summed E-state index contributed by atoms with van der Waals surface area (Å²) in [5, 5.41) is 4.51. The number of hydrogen-bond donors (Lipinski definition) is 1. The number of carbonyl (C=O) groups is 1. The number of nitrogens with one attached hydrogen (secondary N) is 1. The molecule has 0 fully saturated rings. The van der Waals surface area contributed by atoms with Gasteiger partial charge < -0.3 is 9.72 Å². The molecule has 3 aromatic carbocycles. The van der Waals surface area contributed by atoms with Gasteiger partial charge in [0.05, 0.1) is 17.7 Å². The molecule has 0 aliphatic carbocycles. The summed E-state index contributed by atoms with van der Waals surface area (Å²) >= 11 is 0. The normalized spacial score (nSPS) is 11.4. The van der Waals surface area contributed by atoms with Crippen molar-refractivity contribution in [3.8, 4) is 0 Å². The molecular weight excluding hydrogens is 310 g/mol. The average molecular weight is 331 g/mol. The molecule has 0 saturated heterocycles. The molecule has 1 aromatic heterocycles. The number of benzene rings is 3. The summed E-state index contributed by atoms with van der Waals surface area (Å²) in [5.41, 5.74) is 3.72. The fourth-order valence-electron chi connectivity index (χ4n) is 3.53. The smallest absolute Gasteiger partial charge is 0.340 e. The molecule has 0 spiro atoms. The Kier molecular flexibility index (Phi) is 3.92. The molecule has 3 heteroatoms. The van der Waals surface area contributed by atoms with Crippen LogP contribution in [0.5, 0.6) is 0 Å². The van der Waals surface area contributed by atoms with Gasteiger partial charge in [-0.1, -0.05) is 49.7 Å². The molecule has 1 heterocycles. The van der Waals surface area contributed by atoms with E-state index in [0.717, 1.165) is 40.0 Å². The van der Waals surface area contributed by atoms with Crippen LogP contribution in [0, 0.1) is 6.92 Å². The van der Waals surface area contributed by atoms with Crippen LogP contribution in [-0.2, 0) is 4.74 Å². The summed E-state index contributed by atoms with van der Waals surface area (Å²) in [6, 6.07) is 16.4. The van der Waals surface area contributed by atoms with E-state index in [9.17, 15) is 4.79 Å². The lowest BCUT2D eigenvalue weighted by atomic mass is 9.97. The number of esters is 1. The van der Waals surface area contributed by atoms with Gasteiger partial charge >= 0.3 is 5.97 Å². The predicted molar refractivity (Wildman–Crippen MR) is 103 cm³/mol. The van der Waals surface area contributed by atoms with Crippen LogP contribution >= 0.6 is 0 Å². The van der Waals surface area contributed by atoms with Crippen molar-refractivity contribution in [2.75, 3.05) is 6.61 Å². The van der Waals surface area contributed by atoms with Crippen LogP contribution in [0.1, 0.15) is 35.7 Å². The van der Waals surface area contributed by atoms with Gasteiger partial charge in [0.2, 0.25) is 0 Å². The second-order valence-corrected chi connectivity index (χ2v) is 6.51. The van der Waals surface area contributed by atoms with Crippen molar-refractivity contribution >= 4 is 38.5 Å². The van der Waals surface area contributed by atoms with Crippen molar-refractivity contribution in [2.24, 2.45) is 0 Å². The monoisotopic (exact) mass is 331 g/mol. The Bertz CT molecular complexity index is 1090. The average Bonchev–Trinajstić information content (AvgIpc) is 3.00. The van der Waals surface area contributed by atoms with E-state index in [0.29, 0.717) is 12.2 Å². The Morgan fingerprint density at radius 3 is 2.76 bits per heavy atom. The molecule has 1 N–H and O–H groups in total. The van der Waals surface area contributed by atoms with Gasteiger partial charge in [-0.2, -0.15) is 0 Å². The first-order valence-corrected chi connectivity index (χ1v) is 8.80. The van der Waals surface area contributed by atoms with Gasteiger partial charge in [0.1, 0.15) is 0 Å². The third-order valence-electron chi connectivity index (χ3n) is 4.78. The van der Waals surface area contributed by atoms with Crippen LogP contribution in [-0.4, -0.2) is 17.6 Å². The van der Waals surface area contributed by atoms with Crippen molar-refractivity contribution in [3.05, 3.63) is 59.7 Å². The first-order chi connectivity index (χ1) is 12.2. The van der Waals surface area contributed by atoms with Crippen molar-refractivity contribution in [1.29, 1.82) is 0 Å². The van der Waals surface area contributed by atoms with E-state index < -0.39 is 0 Å². The van der Waals surface area contributed by atoms with Crippen LogP contribution in [0.4, 0.5) is 0 Å². The molecule has 0 aliphatic heterocycles. The molecule has 3 nitrogen and oxygen atoms in total. The fourth-order valence-corrected chi connectivity index (χ4v) is 3.53. The van der Waals surface area contributed by atoms with Gasteiger partial charge in [0.15, 0.2) is 0 Å². The van der Waals surface area contributed by atoms with Crippen LogP contribution in [0.2, 0.25) is 0 Å². The standard InChI is InChI=1S/C22H21NO2/c1-3-4-12-25-22(24)17-13-15-9-7-8-14(2)19(15)20-16-10-5-6-11-18(16)23-21(17)20/h5-11,13,23H,3-4,12H2,1-2H3. The van der Waals surface area contributed by atoms with Crippen molar-refractivity contribution in [2.45, 2.75) is 26.7 Å². The Morgan fingerprint density at radius 1 is 1.08 bits per heavy atom. The van der Waals surface area contributed by atoms with Crippen molar-refractivity contribution < 1.29 is 9.53 Å². The summed E-state index contributed by atoms with van der Waals surface area (Å²) in [4.78, 5) is 16.1. The Morgan fingerprint density at radius 2 is 1.92 bits per heavy atom. The van der Waals surface area contributed by atoms with Gasteiger partial charge in [0, 0.05) is 16.3 Å². The maximum absolute atomic E-state index is 12.7. The first kappa shape index (κ1) is 15.7. The molecule has 126 valence electrons. The van der Waals surface area contributed by atoms with Gasteiger partial charge in [-0.3, -0.25) is 0 Å². The molecule has 4 rings (SSSR count). The largest absolute Gasteiger partial charge is 0.462 e. The minimum absolute atomic E-state index is 0.256. The van der Waals surface area contributed by atoms with Crippen LogP contribution < -0.4 is 0 Å². The summed E-state index contributed by atoms with van der Waals surface area (Å²) in [7, 11) is 0. The Labute approximate surface area is 146 Å². The lowest BCUT2D eigenvalue weighted by Crippen LogP contribution is -2.07. The number of fused-ring (bicyclic) bond motifs is 5. The summed E-state index contributed by atoms with van der Waals surface area (Å²) < 4.78 is 5.49. The number of rotatable bonds is 4. The van der Waals surface area contributed by atoms with E-state index in [1.807, 2.05) is 30.3 Å². The number of hydrogen-bond acceptors (Lipinski definition) is 2. The van der Waals surface area contributed by atoms with Crippen LogP contribution in [0.25, 0.3) is 32.6 Å². The van der Waals surface area contributed by atoms with E-state index in [2.05, 4.69) is 37.0 Å². The Balaban J connectivity index is 2.04. The summed E-state index contributed by atoms with van der Waals surface area (Å²) in [6.45, 7) is 4.66. The first-order valence-electron chi connectivity index (χ1n) is 8.80. The molecular formula is C22H21NO2. The number of aromatic nitrogens is 1. The number of carbonyl (C=O) groups excluding carboxylic acids is 1. The van der Waals surface area contributed by atoms with Gasteiger partial charge in [0.25, 0.3) is 0 Å². The van der Waals surface area contributed by atoms with Crippen LogP contribution in [0.15, 0.2) is 48.5 Å². The molecule has 0 bridgehead atoms. The van der Waals surface area contributed by atoms with Gasteiger partial charge in [-0.05, 0) is 41.8 Å². The number of H-pyrrole nitrogens is 1. The predicted octanol–water partition coefficient (Wildman–Crippen LogP) is 5.74. The number of ether oxygens (including phenoxy) is 1. The molecule has 4 aromatic rings. The zero-order chi connectivity index (χ0) is 17.4. The summed E-state index contributed by atoms with van der Waals surface area (Å²) in [5.74, 6) is -0.256. The molecule has 0 radical (unpaired) electrons. The summed E-state index contributed by atoms with van der Waals surface area (Å²) in [6.07, 6.45) is 1.89. The molecule has 0 unspecified atom stereocenters. The van der Waals surface area contributed by atoms with E-state index in [4.69, 9.17) is 4.74 Å². The van der Waals surface area contributed by atoms with Crippen molar-refractivity contribution in [1.82, 2.24) is 4.98 Å². The van der Waals surface area contributed by atoms with Gasteiger partial charge in [-0.25, -0.2) is 4.79 Å². The molecule has 0 saturated carbocycles. The van der Waals surface area contributed by atoms with E-state index in [1.54, 1.807) is 0 Å². The lowest BCUT2D eigenvalue weighted by molar-refractivity contribution is 0.0502. The highest BCUT2D eigenvalue weighted by molar-refractivity contribution is 6.25. The van der Waals surface area contributed by atoms with E-state index in [1.165, 1.54) is 10.9 Å². The van der Waals surface area contributed by atoms with Crippen LogP contribution in [0.3, 0.4) is 0 Å². The maximum atomic E-state index is 12.7. The van der Waals surface area contributed by atoms with E-state index in [-0.39, 0.29) is 5.97 Å². The van der Waals surface area contributed by atoms with Gasteiger partial charge in [-0.15, -0.1) is 0 Å². The topological polar surface area (TPSA) is 42.1 Å². The number of unbranched alkanes of at least 4 members (excludes halogenated alkanes) is 1. The zero-order valence-corrected chi connectivity index (χ0v) is 14.6. The highest BCUT2D eigenvalue weighted by Gasteiger charge is 2.18. The minimum atomic E-state index is -0.256. The number of aromatic amines is 1. The second kappa shape index (κ2) is 6.25. The highest BCUT2D eigenvalue weighted by atomic mass is 16.5. The minimum Gasteiger partial charge on any atom is -0.462 e. The quantitative estimate of drug-likeness (QED) is 0.383. The second-order valence-electron chi connectivity index (χ2n) is 6.51. The number of aryl methyl sites for hydroxylation is 1. The highest BCUT2D eigenvalue weighted by Crippen LogP contribution is 2.36. The molecule has 0 aliphatic rings.